The van der Waals surface area contributed by atoms with Crippen LogP contribution in [0.15, 0.2) is 66.2 Å². The van der Waals surface area contributed by atoms with Crippen molar-refractivity contribution in [3.63, 3.8) is 0 Å². The summed E-state index contributed by atoms with van der Waals surface area (Å²) in [5.74, 6) is 1.27. The molecule has 1 aromatic carbocycles. The molecule has 0 aliphatic carbocycles. The Morgan fingerprint density at radius 3 is 2.69 bits per heavy atom. The number of amides is 1. The van der Waals surface area contributed by atoms with Gasteiger partial charge in [-0.15, -0.1) is 6.58 Å². The van der Waals surface area contributed by atoms with Crippen LogP contribution in [0.1, 0.15) is 29.9 Å². The largest absolute Gasteiger partial charge is 0.465 e. The molecule has 4 heterocycles. The standard InChI is InChI=1S/C26H27N7O3/c1-3-12-32-24(34)21-16-28-25(30-23(21)33(32)22-6-4-5-11-27-22)29-19-7-8-20(17(2)15-19)18-9-13-31(14-10-18)26(35)36/h3-8,11,15-16,18H,1,9-10,12-14H2,2H3,(H,35,36)(H,28,29,30). The zero-order valence-corrected chi connectivity index (χ0v) is 20.0. The van der Waals surface area contributed by atoms with Crippen LogP contribution >= 0.6 is 0 Å². The number of pyridine rings is 1. The van der Waals surface area contributed by atoms with Crippen molar-refractivity contribution in [1.82, 2.24) is 29.2 Å². The maximum Gasteiger partial charge on any atom is 0.407 e. The molecule has 1 aliphatic rings. The minimum absolute atomic E-state index is 0.212. The van der Waals surface area contributed by atoms with Gasteiger partial charge in [0, 0.05) is 31.2 Å². The van der Waals surface area contributed by atoms with Crippen molar-refractivity contribution in [3.8, 4) is 5.82 Å². The topological polar surface area (TPSA) is 118 Å². The number of anilines is 2. The molecule has 1 fully saturated rings. The number of likely N-dealkylation sites (tertiary alicyclic amines) is 1. The first-order chi connectivity index (χ1) is 17.5. The van der Waals surface area contributed by atoms with Gasteiger partial charge in [-0.25, -0.2) is 24.1 Å². The van der Waals surface area contributed by atoms with Gasteiger partial charge in [-0.3, -0.25) is 4.79 Å². The van der Waals surface area contributed by atoms with Gasteiger partial charge in [0.25, 0.3) is 5.56 Å². The minimum Gasteiger partial charge on any atom is -0.465 e. The summed E-state index contributed by atoms with van der Waals surface area (Å²) in [7, 11) is 0. The number of hydrogen-bond acceptors (Lipinski definition) is 6. The number of allylic oxidation sites excluding steroid dienone is 1. The van der Waals surface area contributed by atoms with Gasteiger partial charge in [-0.05, 0) is 61.1 Å². The molecule has 2 N–H and O–H groups in total. The van der Waals surface area contributed by atoms with Crippen LogP contribution in [0.2, 0.25) is 0 Å². The lowest BCUT2D eigenvalue weighted by atomic mass is 9.87. The monoisotopic (exact) mass is 485 g/mol. The van der Waals surface area contributed by atoms with Crippen LogP contribution < -0.4 is 10.9 Å². The number of fused-ring (bicyclic) bond motifs is 1. The summed E-state index contributed by atoms with van der Waals surface area (Å²) in [5.41, 5.74) is 3.42. The van der Waals surface area contributed by atoms with E-state index in [2.05, 4.69) is 39.8 Å². The molecule has 10 heteroatoms. The molecule has 0 radical (unpaired) electrons. The van der Waals surface area contributed by atoms with E-state index in [1.807, 2.05) is 30.3 Å². The van der Waals surface area contributed by atoms with Crippen LogP contribution in [0.3, 0.4) is 0 Å². The number of rotatable bonds is 6. The number of nitrogens with one attached hydrogen (secondary N) is 1. The normalized spacial score (nSPS) is 14.2. The van der Waals surface area contributed by atoms with E-state index >= 15 is 0 Å². The zero-order chi connectivity index (χ0) is 25.2. The minimum atomic E-state index is -0.852. The van der Waals surface area contributed by atoms with E-state index < -0.39 is 6.09 Å². The summed E-state index contributed by atoms with van der Waals surface area (Å²) in [5, 5.41) is 12.8. The van der Waals surface area contributed by atoms with E-state index in [4.69, 9.17) is 0 Å². The Hall–Kier alpha value is -4.47. The van der Waals surface area contributed by atoms with E-state index in [1.165, 1.54) is 21.3 Å². The summed E-state index contributed by atoms with van der Waals surface area (Å²) >= 11 is 0. The molecule has 1 amide bonds. The smallest absolute Gasteiger partial charge is 0.407 e. The lowest BCUT2D eigenvalue weighted by Gasteiger charge is -2.31. The molecule has 0 saturated carbocycles. The fraction of sp³-hybridized carbons (Fsp3) is 0.269. The number of aryl methyl sites for hydroxylation is 1. The van der Waals surface area contributed by atoms with Gasteiger partial charge in [0.1, 0.15) is 5.39 Å². The summed E-state index contributed by atoms with van der Waals surface area (Å²) in [6.45, 7) is 7.23. The van der Waals surface area contributed by atoms with Crippen LogP contribution in [0.25, 0.3) is 16.9 Å². The Morgan fingerprint density at radius 2 is 2.03 bits per heavy atom. The Bertz CT molecular complexity index is 1480. The van der Waals surface area contributed by atoms with Gasteiger partial charge in [-0.2, -0.15) is 4.98 Å². The van der Waals surface area contributed by atoms with Gasteiger partial charge >= 0.3 is 6.09 Å². The van der Waals surface area contributed by atoms with Crippen LogP contribution in [-0.2, 0) is 6.54 Å². The number of nitrogens with zero attached hydrogens (tertiary/aromatic N) is 6. The molecule has 0 unspecified atom stereocenters. The highest BCUT2D eigenvalue weighted by Crippen LogP contribution is 2.32. The van der Waals surface area contributed by atoms with Gasteiger partial charge in [0.15, 0.2) is 11.5 Å². The second kappa shape index (κ2) is 9.65. The highest BCUT2D eigenvalue weighted by Gasteiger charge is 2.24. The first kappa shape index (κ1) is 23.3. The summed E-state index contributed by atoms with van der Waals surface area (Å²) in [4.78, 5) is 39.1. The van der Waals surface area contributed by atoms with Crippen molar-refractivity contribution in [2.24, 2.45) is 0 Å². The third kappa shape index (κ3) is 4.33. The maximum absolute atomic E-state index is 13.0. The molecule has 5 rings (SSSR count). The number of benzene rings is 1. The van der Waals surface area contributed by atoms with Crippen molar-refractivity contribution in [2.45, 2.75) is 32.2 Å². The van der Waals surface area contributed by atoms with Crippen LogP contribution in [-0.4, -0.2) is 53.5 Å². The first-order valence-electron chi connectivity index (χ1n) is 11.8. The Balaban J connectivity index is 1.44. The van der Waals surface area contributed by atoms with E-state index in [-0.39, 0.29) is 5.56 Å². The molecule has 36 heavy (non-hydrogen) atoms. The number of aromatic nitrogens is 5. The first-order valence-corrected chi connectivity index (χ1v) is 11.8. The average Bonchev–Trinajstić information content (AvgIpc) is 3.15. The lowest BCUT2D eigenvalue weighted by Crippen LogP contribution is -2.36. The zero-order valence-electron chi connectivity index (χ0n) is 20.0. The quantitative estimate of drug-likeness (QED) is 0.395. The molecule has 0 bridgehead atoms. The maximum atomic E-state index is 13.0. The van der Waals surface area contributed by atoms with Gasteiger partial charge in [-0.1, -0.05) is 18.2 Å². The third-order valence-electron chi connectivity index (χ3n) is 6.58. The molecule has 10 nitrogen and oxygen atoms in total. The van der Waals surface area contributed by atoms with Gasteiger partial charge < -0.3 is 15.3 Å². The van der Waals surface area contributed by atoms with Crippen LogP contribution in [0.5, 0.6) is 0 Å². The van der Waals surface area contributed by atoms with E-state index in [1.54, 1.807) is 17.0 Å². The predicted molar refractivity (Wildman–Crippen MR) is 137 cm³/mol. The van der Waals surface area contributed by atoms with Crippen molar-refractivity contribution in [3.05, 3.63) is 82.9 Å². The van der Waals surface area contributed by atoms with Crippen molar-refractivity contribution < 1.29 is 9.90 Å². The Kier molecular flexibility index (Phi) is 6.24. The number of hydrogen-bond donors (Lipinski definition) is 2. The molecule has 0 atom stereocenters. The molecular weight excluding hydrogens is 458 g/mol. The predicted octanol–water partition coefficient (Wildman–Crippen LogP) is 4.07. The molecule has 184 valence electrons. The fourth-order valence-electron chi connectivity index (χ4n) is 4.81. The van der Waals surface area contributed by atoms with Crippen LogP contribution in [0.4, 0.5) is 16.4 Å². The van der Waals surface area contributed by atoms with Crippen LogP contribution in [0, 0.1) is 6.92 Å². The second-order valence-corrected chi connectivity index (χ2v) is 8.85. The lowest BCUT2D eigenvalue weighted by molar-refractivity contribution is 0.132. The summed E-state index contributed by atoms with van der Waals surface area (Å²) < 4.78 is 3.22. The van der Waals surface area contributed by atoms with Crippen molar-refractivity contribution in [1.29, 1.82) is 0 Å². The van der Waals surface area contributed by atoms with Gasteiger partial charge in [0.2, 0.25) is 5.95 Å². The summed E-state index contributed by atoms with van der Waals surface area (Å²) in [6.07, 6.45) is 5.62. The van der Waals surface area contributed by atoms with E-state index in [9.17, 15) is 14.7 Å². The van der Waals surface area contributed by atoms with E-state index in [0.29, 0.717) is 48.4 Å². The molecule has 0 spiro atoms. The van der Waals surface area contributed by atoms with Crippen molar-refractivity contribution in [2.75, 3.05) is 18.4 Å². The molecule has 1 aliphatic heterocycles. The van der Waals surface area contributed by atoms with Gasteiger partial charge in [0.05, 0.1) is 6.54 Å². The summed E-state index contributed by atoms with van der Waals surface area (Å²) in [6, 6.07) is 11.6. The second-order valence-electron chi connectivity index (χ2n) is 8.85. The Labute approximate surface area is 207 Å². The highest BCUT2D eigenvalue weighted by atomic mass is 16.4. The number of carboxylic acid groups (broad SMARTS) is 1. The Morgan fingerprint density at radius 1 is 1.22 bits per heavy atom. The fourth-order valence-corrected chi connectivity index (χ4v) is 4.81. The SMILES string of the molecule is C=CCn1c(=O)c2cnc(Nc3ccc(C4CCN(C(=O)O)CC4)c(C)c3)nc2n1-c1ccccn1. The van der Waals surface area contributed by atoms with Crippen molar-refractivity contribution >= 4 is 28.8 Å². The molecule has 3 aromatic heterocycles. The highest BCUT2D eigenvalue weighted by molar-refractivity contribution is 5.77. The average molecular weight is 486 g/mol. The molecular formula is C26H27N7O3. The third-order valence-corrected chi connectivity index (χ3v) is 6.58. The van der Waals surface area contributed by atoms with E-state index in [0.717, 1.165) is 24.1 Å². The molecule has 1 saturated heterocycles. The number of piperidine rings is 1. The molecule has 4 aromatic rings. The number of carbonyl (C=O) groups is 1.